The van der Waals surface area contributed by atoms with Crippen molar-refractivity contribution in [3.63, 3.8) is 0 Å². The molecule has 0 aliphatic carbocycles. The van der Waals surface area contributed by atoms with Crippen LogP contribution in [0.1, 0.15) is 11.7 Å². The van der Waals surface area contributed by atoms with Crippen molar-refractivity contribution in [3.8, 4) is 11.6 Å². The quantitative estimate of drug-likeness (QED) is 0.881. The monoisotopic (exact) mass is 272 g/mol. The lowest BCUT2D eigenvalue weighted by Gasteiger charge is -2.24. The Morgan fingerprint density at radius 2 is 2.30 bits per heavy atom. The summed E-state index contributed by atoms with van der Waals surface area (Å²) < 4.78 is 11.4. The first-order valence-corrected chi connectivity index (χ1v) is 6.50. The number of nitrogen functional groups attached to an aromatic ring is 1. The van der Waals surface area contributed by atoms with Crippen LogP contribution in [-0.4, -0.2) is 29.7 Å². The van der Waals surface area contributed by atoms with Gasteiger partial charge in [-0.15, -0.1) is 0 Å². The van der Waals surface area contributed by atoms with Gasteiger partial charge in [0.2, 0.25) is 11.8 Å². The van der Waals surface area contributed by atoms with Crippen molar-refractivity contribution in [2.45, 2.75) is 6.10 Å². The van der Waals surface area contributed by atoms with Crippen molar-refractivity contribution < 1.29 is 9.47 Å². The van der Waals surface area contributed by atoms with Gasteiger partial charge in [-0.25, -0.2) is 4.98 Å². The summed E-state index contributed by atoms with van der Waals surface area (Å²) in [5, 5.41) is 3.31. The number of benzene rings is 1. The SMILES string of the molecule is Nc1nccc(Oc2cccc([C@@H]3CNCCO3)c2)n1. The lowest BCUT2D eigenvalue weighted by Crippen LogP contribution is -2.33. The van der Waals surface area contributed by atoms with Crippen molar-refractivity contribution in [2.75, 3.05) is 25.4 Å². The van der Waals surface area contributed by atoms with E-state index in [-0.39, 0.29) is 12.1 Å². The van der Waals surface area contributed by atoms with Crippen molar-refractivity contribution in [2.24, 2.45) is 0 Å². The summed E-state index contributed by atoms with van der Waals surface area (Å²) in [5.41, 5.74) is 6.61. The summed E-state index contributed by atoms with van der Waals surface area (Å²) >= 11 is 0. The summed E-state index contributed by atoms with van der Waals surface area (Å²) in [5.74, 6) is 1.32. The van der Waals surface area contributed by atoms with Crippen LogP contribution in [0.2, 0.25) is 0 Å². The number of nitrogens with two attached hydrogens (primary N) is 1. The van der Waals surface area contributed by atoms with Gasteiger partial charge in [0.05, 0.1) is 12.7 Å². The Hall–Kier alpha value is -2.18. The zero-order valence-corrected chi connectivity index (χ0v) is 11.0. The number of hydrogen-bond acceptors (Lipinski definition) is 6. The maximum atomic E-state index is 5.72. The zero-order chi connectivity index (χ0) is 13.8. The van der Waals surface area contributed by atoms with Gasteiger partial charge in [0.15, 0.2) is 0 Å². The first kappa shape index (κ1) is 12.8. The van der Waals surface area contributed by atoms with Gasteiger partial charge in [-0.2, -0.15) is 4.98 Å². The van der Waals surface area contributed by atoms with E-state index in [2.05, 4.69) is 15.3 Å². The number of rotatable bonds is 3. The highest BCUT2D eigenvalue weighted by molar-refractivity contribution is 5.33. The molecule has 1 atom stereocenters. The Kier molecular flexibility index (Phi) is 3.76. The molecule has 0 bridgehead atoms. The number of aromatic nitrogens is 2. The average molecular weight is 272 g/mol. The maximum Gasteiger partial charge on any atom is 0.224 e. The highest BCUT2D eigenvalue weighted by atomic mass is 16.5. The second-order valence-electron chi connectivity index (χ2n) is 4.49. The molecule has 0 radical (unpaired) electrons. The summed E-state index contributed by atoms with van der Waals surface area (Å²) in [4.78, 5) is 7.84. The molecule has 1 aliphatic heterocycles. The third-order valence-electron chi connectivity index (χ3n) is 3.03. The van der Waals surface area contributed by atoms with Crippen molar-refractivity contribution in [1.82, 2.24) is 15.3 Å². The number of anilines is 1. The Labute approximate surface area is 116 Å². The highest BCUT2D eigenvalue weighted by Gasteiger charge is 2.16. The van der Waals surface area contributed by atoms with Crippen LogP contribution >= 0.6 is 0 Å². The van der Waals surface area contributed by atoms with Crippen molar-refractivity contribution in [1.29, 1.82) is 0 Å². The molecule has 0 amide bonds. The molecule has 6 heteroatoms. The number of nitrogens with one attached hydrogen (secondary N) is 1. The molecule has 6 nitrogen and oxygen atoms in total. The Bertz CT molecular complexity index is 585. The molecule has 0 saturated carbocycles. The van der Waals surface area contributed by atoms with E-state index in [0.717, 1.165) is 25.3 Å². The molecule has 0 spiro atoms. The Balaban J connectivity index is 1.77. The molecule has 3 N–H and O–H groups in total. The van der Waals surface area contributed by atoms with Crippen LogP contribution in [0.3, 0.4) is 0 Å². The number of ether oxygens (including phenoxy) is 2. The maximum absolute atomic E-state index is 5.72. The zero-order valence-electron chi connectivity index (χ0n) is 11.0. The van der Waals surface area contributed by atoms with Crippen LogP contribution in [0.15, 0.2) is 36.5 Å². The second kappa shape index (κ2) is 5.85. The number of morpholine rings is 1. The fourth-order valence-corrected chi connectivity index (χ4v) is 2.09. The minimum absolute atomic E-state index is 0.0581. The van der Waals surface area contributed by atoms with Gasteiger partial charge in [-0.3, -0.25) is 0 Å². The standard InChI is InChI=1S/C14H16N4O2/c15-14-17-5-4-13(18-14)20-11-3-1-2-10(8-11)12-9-16-6-7-19-12/h1-5,8,12,16H,6-7,9H2,(H2,15,17,18)/t12-/m0/s1. The third kappa shape index (κ3) is 3.04. The largest absolute Gasteiger partial charge is 0.439 e. The molecule has 1 aliphatic rings. The van der Waals surface area contributed by atoms with E-state index in [1.54, 1.807) is 12.3 Å². The molecule has 20 heavy (non-hydrogen) atoms. The van der Waals surface area contributed by atoms with E-state index < -0.39 is 0 Å². The molecule has 0 unspecified atom stereocenters. The van der Waals surface area contributed by atoms with E-state index in [9.17, 15) is 0 Å². The topological polar surface area (TPSA) is 82.3 Å². The van der Waals surface area contributed by atoms with Gasteiger partial charge < -0.3 is 20.5 Å². The molecular weight excluding hydrogens is 256 g/mol. The van der Waals surface area contributed by atoms with E-state index in [1.165, 1.54) is 0 Å². The number of hydrogen-bond donors (Lipinski definition) is 2. The lowest BCUT2D eigenvalue weighted by molar-refractivity contribution is 0.0276. The normalized spacial score (nSPS) is 18.7. The van der Waals surface area contributed by atoms with Crippen LogP contribution in [0.5, 0.6) is 11.6 Å². The Morgan fingerprint density at radius 3 is 3.10 bits per heavy atom. The summed E-state index contributed by atoms with van der Waals surface area (Å²) in [7, 11) is 0. The molecule has 2 aromatic rings. The molecule has 1 fully saturated rings. The summed E-state index contributed by atoms with van der Waals surface area (Å²) in [6.07, 6.45) is 1.62. The van der Waals surface area contributed by atoms with Crippen LogP contribution in [0, 0.1) is 0 Å². The van der Waals surface area contributed by atoms with Crippen molar-refractivity contribution in [3.05, 3.63) is 42.1 Å². The number of nitrogens with zero attached hydrogens (tertiary/aromatic N) is 2. The van der Waals surface area contributed by atoms with Crippen LogP contribution in [0.25, 0.3) is 0 Å². The van der Waals surface area contributed by atoms with Gasteiger partial charge in [-0.1, -0.05) is 12.1 Å². The fourth-order valence-electron chi connectivity index (χ4n) is 2.09. The molecule has 3 rings (SSSR count). The van der Waals surface area contributed by atoms with Crippen LogP contribution in [-0.2, 0) is 4.74 Å². The Morgan fingerprint density at radius 1 is 1.35 bits per heavy atom. The van der Waals surface area contributed by atoms with Crippen LogP contribution in [0.4, 0.5) is 5.95 Å². The molecular formula is C14H16N4O2. The predicted molar refractivity (Wildman–Crippen MR) is 74.5 cm³/mol. The third-order valence-corrected chi connectivity index (χ3v) is 3.03. The molecule has 1 saturated heterocycles. The lowest BCUT2D eigenvalue weighted by atomic mass is 10.1. The smallest absolute Gasteiger partial charge is 0.224 e. The van der Waals surface area contributed by atoms with E-state index in [4.69, 9.17) is 15.2 Å². The fraction of sp³-hybridized carbons (Fsp3) is 0.286. The first-order chi connectivity index (χ1) is 9.81. The minimum atomic E-state index is 0.0581. The van der Waals surface area contributed by atoms with Gasteiger partial charge in [-0.05, 0) is 17.7 Å². The van der Waals surface area contributed by atoms with Gasteiger partial charge in [0.1, 0.15) is 5.75 Å². The van der Waals surface area contributed by atoms with Crippen LogP contribution < -0.4 is 15.8 Å². The van der Waals surface area contributed by atoms with Crippen molar-refractivity contribution >= 4 is 5.95 Å². The molecule has 1 aromatic carbocycles. The molecule has 2 heterocycles. The van der Waals surface area contributed by atoms with E-state index in [1.807, 2.05) is 24.3 Å². The predicted octanol–water partition coefficient (Wildman–Crippen LogP) is 1.51. The van der Waals surface area contributed by atoms with Gasteiger partial charge in [0.25, 0.3) is 0 Å². The minimum Gasteiger partial charge on any atom is -0.439 e. The van der Waals surface area contributed by atoms with Gasteiger partial charge in [0, 0.05) is 25.4 Å². The van der Waals surface area contributed by atoms with E-state index >= 15 is 0 Å². The average Bonchev–Trinajstić information content (AvgIpc) is 2.48. The molecule has 104 valence electrons. The summed E-state index contributed by atoms with van der Waals surface area (Å²) in [6.45, 7) is 2.43. The summed E-state index contributed by atoms with van der Waals surface area (Å²) in [6, 6.07) is 9.46. The first-order valence-electron chi connectivity index (χ1n) is 6.50. The van der Waals surface area contributed by atoms with Gasteiger partial charge >= 0.3 is 0 Å². The van der Waals surface area contributed by atoms with E-state index in [0.29, 0.717) is 11.6 Å². The highest BCUT2D eigenvalue weighted by Crippen LogP contribution is 2.25. The molecule has 1 aromatic heterocycles. The second-order valence-corrected chi connectivity index (χ2v) is 4.49.